The molecule has 0 aliphatic carbocycles. The van der Waals surface area contributed by atoms with E-state index in [4.69, 9.17) is 37.9 Å². The van der Waals surface area contributed by atoms with Gasteiger partial charge in [0.15, 0.2) is 0 Å². The van der Waals surface area contributed by atoms with Gasteiger partial charge in [0, 0.05) is 123 Å². The van der Waals surface area contributed by atoms with Gasteiger partial charge in [-0.15, -0.1) is 0 Å². The molecule has 0 aliphatic heterocycles. The molecule has 0 spiro atoms. The maximum atomic E-state index is 6.06. The lowest BCUT2D eigenvalue weighted by atomic mass is 10.1. The lowest BCUT2D eigenvalue weighted by Crippen LogP contribution is -2.12. The molecule has 0 unspecified atom stereocenters. The smallest absolute Gasteiger partial charge is 0.0701 e. The summed E-state index contributed by atoms with van der Waals surface area (Å²) in [5.41, 5.74) is 10.3. The number of ether oxygens (including phenoxy) is 8. The number of rotatable bonds is 28. The molecule has 0 saturated heterocycles. The van der Waals surface area contributed by atoms with E-state index in [0.29, 0.717) is 92.5 Å². The van der Waals surface area contributed by atoms with E-state index in [1.54, 1.807) is 14.2 Å². The highest BCUT2D eigenvalue weighted by molar-refractivity contribution is 6.13. The summed E-state index contributed by atoms with van der Waals surface area (Å²) in [5.74, 6) is 0. The zero-order valence-electron chi connectivity index (χ0n) is 39.7. The number of methoxy groups -OCH3 is 2. The van der Waals surface area contributed by atoms with E-state index in [9.17, 15) is 0 Å². The maximum absolute atomic E-state index is 6.06. The van der Waals surface area contributed by atoms with Crippen LogP contribution >= 0.6 is 0 Å². The Balaban J connectivity index is 1.10. The minimum Gasteiger partial charge on any atom is -0.382 e. The summed E-state index contributed by atoms with van der Waals surface area (Å²) in [7, 11) is 3.36. The highest BCUT2D eigenvalue weighted by Gasteiger charge is 2.21. The highest BCUT2D eigenvalue weighted by atomic mass is 16.5. The van der Waals surface area contributed by atoms with Crippen LogP contribution in [0.5, 0.6) is 0 Å². The average Bonchev–Trinajstić information content (AvgIpc) is 3.99. The molecule has 12 heteroatoms. The number of hydrogen-bond acceptors (Lipinski definition) is 9. The van der Waals surface area contributed by atoms with Gasteiger partial charge in [-0.3, -0.25) is 0 Å². The van der Waals surface area contributed by atoms with Crippen molar-refractivity contribution in [2.24, 2.45) is 0 Å². The third-order valence-corrected chi connectivity index (χ3v) is 12.6. The number of nitrogens with zero attached hydrogens (tertiary/aromatic N) is 4. The van der Waals surface area contributed by atoms with E-state index < -0.39 is 0 Å². The van der Waals surface area contributed by atoms with Crippen LogP contribution in [-0.2, 0) is 57.5 Å². The van der Waals surface area contributed by atoms with E-state index in [2.05, 4.69) is 146 Å². The van der Waals surface area contributed by atoms with Gasteiger partial charge in [-0.2, -0.15) is 0 Å². The second-order valence-electron chi connectivity index (χ2n) is 16.7. The third kappa shape index (κ3) is 10.4. The summed E-state index contributed by atoms with van der Waals surface area (Å²) in [6.07, 6.45) is 0. The van der Waals surface area contributed by atoms with E-state index in [0.717, 1.165) is 36.7 Å². The molecule has 3 heterocycles. The molecule has 9 aromatic rings. The van der Waals surface area contributed by atoms with Crippen molar-refractivity contribution in [3.63, 3.8) is 0 Å². The predicted octanol–water partition coefficient (Wildman–Crippen LogP) is 10.9. The topological polar surface area (TPSA) is 91.9 Å². The van der Waals surface area contributed by atoms with E-state index in [-0.39, 0.29) is 0 Å². The molecule has 68 heavy (non-hydrogen) atoms. The first kappa shape index (κ1) is 47.3. The molecule has 0 radical (unpaired) electrons. The maximum Gasteiger partial charge on any atom is 0.0701 e. The molecule has 0 fully saturated rings. The van der Waals surface area contributed by atoms with E-state index in [1.165, 1.54) is 65.4 Å². The van der Waals surface area contributed by atoms with Crippen LogP contribution in [0.25, 0.3) is 65.4 Å². The van der Waals surface area contributed by atoms with Crippen molar-refractivity contribution < 1.29 is 37.9 Å². The Morgan fingerprint density at radius 2 is 0.618 bits per heavy atom. The zero-order chi connectivity index (χ0) is 46.5. The molecule has 0 saturated carbocycles. The van der Waals surface area contributed by atoms with Crippen molar-refractivity contribution in [2.75, 3.05) is 112 Å². The minimum absolute atomic E-state index is 0.535. The Hall–Kier alpha value is -5.80. The number of benzene rings is 6. The van der Waals surface area contributed by atoms with Gasteiger partial charge in [-0.1, -0.05) is 54.6 Å². The fraction of sp³-hybridized carbons (Fsp3) is 0.357. The second-order valence-corrected chi connectivity index (χ2v) is 16.7. The quantitative estimate of drug-likeness (QED) is 0.0445. The fourth-order valence-corrected chi connectivity index (χ4v) is 9.47. The predicted molar refractivity (Wildman–Crippen MR) is 274 cm³/mol. The number of hydrogen-bond donors (Lipinski definition) is 0. The number of fused-ring (bicyclic) bond motifs is 9. The first-order valence-electron chi connectivity index (χ1n) is 24.0. The van der Waals surface area contributed by atoms with Gasteiger partial charge in [0.1, 0.15) is 0 Å². The molecule has 6 aromatic carbocycles. The van der Waals surface area contributed by atoms with Crippen LogP contribution < -0.4 is 4.90 Å². The summed E-state index contributed by atoms with van der Waals surface area (Å²) in [4.78, 5) is 2.42. The van der Waals surface area contributed by atoms with Crippen LogP contribution in [0.4, 0.5) is 17.1 Å². The number of aromatic nitrogens is 3. The van der Waals surface area contributed by atoms with Crippen LogP contribution in [-0.4, -0.2) is 120 Å². The van der Waals surface area contributed by atoms with E-state index in [1.807, 2.05) is 6.92 Å². The molecule has 9 rings (SSSR count). The molecule has 0 atom stereocenters. The van der Waals surface area contributed by atoms with Gasteiger partial charge < -0.3 is 56.5 Å². The summed E-state index contributed by atoms with van der Waals surface area (Å²) in [6.45, 7) is 12.2. The Kier molecular flexibility index (Phi) is 16.3. The monoisotopic (exact) mass is 920 g/mol. The molecule has 0 amide bonds. The molecule has 0 bridgehead atoms. The van der Waals surface area contributed by atoms with Crippen molar-refractivity contribution in [2.45, 2.75) is 26.6 Å². The van der Waals surface area contributed by atoms with Gasteiger partial charge in [0.25, 0.3) is 0 Å². The van der Waals surface area contributed by atoms with Crippen molar-refractivity contribution in [1.82, 2.24) is 13.7 Å². The molecule has 12 nitrogen and oxygen atoms in total. The second kappa shape index (κ2) is 23.5. The van der Waals surface area contributed by atoms with Gasteiger partial charge in [0.05, 0.1) is 85.9 Å². The van der Waals surface area contributed by atoms with Crippen molar-refractivity contribution in [1.29, 1.82) is 0 Å². The first-order valence-corrected chi connectivity index (χ1v) is 24.0. The number of anilines is 3. The molecule has 0 aliphatic rings. The van der Waals surface area contributed by atoms with Gasteiger partial charge >= 0.3 is 0 Å². The first-order chi connectivity index (χ1) is 33.7. The summed E-state index contributed by atoms with van der Waals surface area (Å²) in [6, 6.07) is 46.7. The Labute approximate surface area is 398 Å². The van der Waals surface area contributed by atoms with Crippen LogP contribution in [0.15, 0.2) is 127 Å². The van der Waals surface area contributed by atoms with Gasteiger partial charge in [-0.05, 0) is 79.7 Å². The third-order valence-electron chi connectivity index (χ3n) is 12.6. The molecular formula is C56H64N4O8. The molecule has 3 aromatic heterocycles. The summed E-state index contributed by atoms with van der Waals surface area (Å²) >= 11 is 0. The van der Waals surface area contributed by atoms with Crippen LogP contribution in [0, 0.1) is 0 Å². The lowest BCUT2D eigenvalue weighted by molar-refractivity contribution is 0.0234. The lowest BCUT2D eigenvalue weighted by Gasteiger charge is -2.26. The fourth-order valence-electron chi connectivity index (χ4n) is 9.47. The van der Waals surface area contributed by atoms with Crippen molar-refractivity contribution in [3.05, 3.63) is 127 Å². The van der Waals surface area contributed by atoms with Crippen LogP contribution in [0.2, 0.25) is 0 Å². The Morgan fingerprint density at radius 1 is 0.324 bits per heavy atom. The minimum atomic E-state index is 0.535. The molecule has 0 N–H and O–H groups in total. The zero-order valence-corrected chi connectivity index (χ0v) is 39.7. The Bertz CT molecular complexity index is 2910. The largest absolute Gasteiger partial charge is 0.382 e. The van der Waals surface area contributed by atoms with Gasteiger partial charge in [0.2, 0.25) is 0 Å². The SMILES string of the molecule is CCOCCOCCn1c2ccccc2c2cc(N(c3ccc4c(c3)c3ccccc3n4CCOCCOCCOC)c3ccc4c(c3)c3ccccc3n4CCOCCOCCOC)ccc21. The van der Waals surface area contributed by atoms with Crippen LogP contribution in [0.3, 0.4) is 0 Å². The standard InChI is InChI=1S/C56H64N4O8/c1-4-63-33-34-64-26-23-57-51-14-8-5-11-45(51)48-39-42(17-20-54(48)57)60(43-18-21-55-49(40-43)46-12-6-9-15-52(46)58(55)24-27-65-35-37-67-31-29-61-2)44-19-22-56-50(41-44)47-13-7-10-16-53(47)59(56)25-28-66-36-38-68-32-30-62-3/h5-22,39-41H,4,23-38H2,1-3H3. The highest BCUT2D eigenvalue weighted by Crippen LogP contribution is 2.43. The Morgan fingerprint density at radius 3 is 0.956 bits per heavy atom. The van der Waals surface area contributed by atoms with Crippen molar-refractivity contribution in [3.8, 4) is 0 Å². The van der Waals surface area contributed by atoms with E-state index >= 15 is 0 Å². The summed E-state index contributed by atoms with van der Waals surface area (Å²) < 4.78 is 52.3. The average molecular weight is 921 g/mol. The molecule has 356 valence electrons. The summed E-state index contributed by atoms with van der Waals surface area (Å²) in [5, 5.41) is 7.20. The van der Waals surface area contributed by atoms with Gasteiger partial charge in [-0.25, -0.2) is 0 Å². The molecular weight excluding hydrogens is 857 g/mol. The number of para-hydroxylation sites is 3. The normalized spacial score (nSPS) is 12.0. The van der Waals surface area contributed by atoms with Crippen molar-refractivity contribution >= 4 is 82.5 Å². The van der Waals surface area contributed by atoms with Crippen LogP contribution in [0.1, 0.15) is 6.92 Å².